The van der Waals surface area contributed by atoms with Crippen molar-refractivity contribution in [3.63, 3.8) is 0 Å². The summed E-state index contributed by atoms with van der Waals surface area (Å²) in [4.78, 5) is 0. The van der Waals surface area contributed by atoms with Gasteiger partial charge in [0.25, 0.3) is 0 Å². The molecular weight excluding hydrogens is 743 g/mol. The third-order valence-electron chi connectivity index (χ3n) is 0. The van der Waals surface area contributed by atoms with Crippen molar-refractivity contribution < 1.29 is 104 Å². The van der Waals surface area contributed by atoms with Crippen LogP contribution in [0.15, 0.2) is 0 Å². The maximum absolute atomic E-state index is 8.62. The van der Waals surface area contributed by atoms with Gasteiger partial charge in [0, 0.05) is 0 Å². The summed E-state index contributed by atoms with van der Waals surface area (Å²) in [7, 11) is 0. The van der Waals surface area contributed by atoms with Crippen LogP contribution in [0.3, 0.4) is 0 Å². The average Bonchev–Trinajstić information content (AvgIpc) is 1.54. The van der Waals surface area contributed by atoms with Gasteiger partial charge in [-0.05, 0) is 0 Å². The van der Waals surface area contributed by atoms with E-state index in [0.717, 1.165) is 0 Å². The molecule has 0 N–H and O–H groups in total. The molecule has 0 aromatic heterocycles. The van der Waals surface area contributed by atoms with Gasteiger partial charge < -0.3 is 0 Å². The van der Waals surface area contributed by atoms with Crippen molar-refractivity contribution in [3.05, 3.63) is 0 Å². The molecule has 0 fully saturated rings. The third-order valence-corrected chi connectivity index (χ3v) is 0. The van der Waals surface area contributed by atoms with E-state index in [9.17, 15) is 0 Å². The number of rotatable bonds is 0. The van der Waals surface area contributed by atoms with Gasteiger partial charge in [-0.2, -0.15) is 0 Å². The van der Waals surface area contributed by atoms with Crippen molar-refractivity contribution in [1.29, 1.82) is 0 Å². The van der Waals surface area contributed by atoms with Gasteiger partial charge >= 0.3 is 104 Å². The summed E-state index contributed by atoms with van der Waals surface area (Å²) in [5, 5.41) is 0. The van der Waals surface area contributed by atoms with Crippen LogP contribution < -0.4 is 10.8 Å². The van der Waals surface area contributed by atoms with Gasteiger partial charge in [0.15, 0.2) is 0 Å². The van der Waals surface area contributed by atoms with Gasteiger partial charge in [0.2, 0.25) is 0 Å². The van der Waals surface area contributed by atoms with E-state index in [1.165, 1.54) is 0 Å². The first kappa shape index (κ1) is 23.9. The van der Waals surface area contributed by atoms with Crippen LogP contribution in [0, 0.1) is 0 Å². The molecule has 0 atom stereocenters. The Hall–Kier alpha value is 1.42. The van der Waals surface area contributed by atoms with Crippen LogP contribution in [-0.2, 0) is 92.9 Å². The molecule has 0 saturated carbocycles. The van der Waals surface area contributed by atoms with E-state index in [2.05, 4.69) is 0 Å². The first-order valence-corrected chi connectivity index (χ1v) is 13.4. The Morgan fingerprint density at radius 1 is 0.538 bits per heavy atom. The Bertz CT molecular complexity index is 208. The van der Waals surface area contributed by atoms with Crippen LogP contribution in [0.1, 0.15) is 0 Å². The molecule has 13 heavy (non-hydrogen) atoms. The predicted octanol–water partition coefficient (Wildman–Crippen LogP) is -4.29. The molecule has 0 rings (SSSR count). The molecule has 0 aromatic rings. The van der Waals surface area contributed by atoms with Crippen LogP contribution in [-0.4, -0.2) is 0 Å². The van der Waals surface area contributed by atoms with Crippen molar-refractivity contribution in [2.45, 2.75) is 0 Å². The second-order valence-corrected chi connectivity index (χ2v) is 5.49. The summed E-state index contributed by atoms with van der Waals surface area (Å²) in [6.45, 7) is 0. The Balaban J connectivity index is -0.0000000450. The van der Waals surface area contributed by atoms with E-state index in [4.69, 9.17) is 30.3 Å². The Labute approximate surface area is 102 Å². The van der Waals surface area contributed by atoms with Gasteiger partial charge in [-0.1, -0.05) is 0 Å². The van der Waals surface area contributed by atoms with Crippen LogP contribution in [0.4, 0.5) is 0 Å². The minimum atomic E-state index is -4.34. The van der Waals surface area contributed by atoms with E-state index in [1.807, 2.05) is 0 Å². The zero-order valence-corrected chi connectivity index (χ0v) is 16.1. The van der Waals surface area contributed by atoms with Crippen LogP contribution in [0.25, 0.3) is 0 Å². The monoisotopic (exact) mass is 743 g/mol. The summed E-state index contributed by atoms with van der Waals surface area (Å²) >= 11 is -13.0. The molecule has 0 saturated heterocycles. The molecule has 0 aromatic carbocycles. The summed E-state index contributed by atoms with van der Waals surface area (Å²) in [6, 6.07) is 0. The summed E-state index contributed by atoms with van der Waals surface area (Å²) < 4.78 is 77.6. The molecule has 0 heterocycles. The van der Waals surface area contributed by atoms with E-state index in [1.54, 1.807) is 0 Å². The first-order chi connectivity index (χ1) is 5.20. The van der Waals surface area contributed by atoms with Gasteiger partial charge in [-0.25, -0.2) is 0 Å². The molecule has 0 aliphatic carbocycles. The molecule has 0 bridgehead atoms. The van der Waals surface area contributed by atoms with E-state index in [-0.39, 0.29) is 17.1 Å². The SMILES string of the molecule is [Fe+3].[O]=[Ta](=[O])[O-].[O]=[Ta](=[O])[O-].[O]=[Ta](=[O])[O-]. The zero-order valence-electron chi connectivity index (χ0n) is 5.37. The average molecular weight is 743 g/mol. The second kappa shape index (κ2) is 19.1. The second-order valence-electron chi connectivity index (χ2n) is 0.671. The van der Waals surface area contributed by atoms with Crippen LogP contribution in [0.2, 0.25) is 0 Å². The molecule has 1 radical (unpaired) electrons. The van der Waals surface area contributed by atoms with Gasteiger partial charge in [-0.15, -0.1) is 0 Å². The van der Waals surface area contributed by atoms with Crippen molar-refractivity contribution in [2.24, 2.45) is 0 Å². The fourth-order valence-electron chi connectivity index (χ4n) is 0. The standard InChI is InChI=1S/Fe.9O.3Ta/q+3;;;;;;;3*-1;;;. The van der Waals surface area contributed by atoms with Gasteiger partial charge in [0.05, 0.1) is 0 Å². The Morgan fingerprint density at radius 3 is 0.538 bits per heavy atom. The Morgan fingerprint density at radius 2 is 0.538 bits per heavy atom. The molecule has 0 amide bonds. The molecular formula is FeO9Ta3. The molecule has 0 spiro atoms. The number of hydrogen-bond donors (Lipinski definition) is 0. The van der Waals surface area contributed by atoms with Crippen LogP contribution in [0.5, 0.6) is 0 Å². The topological polar surface area (TPSA) is 172 Å². The number of hydrogen-bond acceptors (Lipinski definition) is 9. The molecule has 9 nitrogen and oxygen atoms in total. The predicted molar refractivity (Wildman–Crippen MR) is 4.12 cm³/mol. The van der Waals surface area contributed by atoms with E-state index in [0.29, 0.717) is 0 Å². The molecule has 0 aliphatic rings. The minimum absolute atomic E-state index is 0. The Kier molecular flexibility index (Phi) is 35.1. The van der Waals surface area contributed by atoms with Gasteiger partial charge in [0.1, 0.15) is 0 Å². The molecule has 77 valence electrons. The van der Waals surface area contributed by atoms with Crippen molar-refractivity contribution >= 4 is 0 Å². The van der Waals surface area contributed by atoms with Crippen molar-refractivity contribution in [2.75, 3.05) is 0 Å². The fourth-order valence-corrected chi connectivity index (χ4v) is 0. The normalized spacial score (nSPS) is 5.77. The van der Waals surface area contributed by atoms with E-state index < -0.39 is 56.4 Å². The first-order valence-electron chi connectivity index (χ1n) is 1.64. The van der Waals surface area contributed by atoms with E-state index >= 15 is 0 Å². The quantitative estimate of drug-likeness (QED) is 0.223. The van der Waals surface area contributed by atoms with Crippen molar-refractivity contribution in [3.8, 4) is 0 Å². The molecule has 0 aliphatic heterocycles. The summed E-state index contributed by atoms with van der Waals surface area (Å²) in [5.41, 5.74) is 0. The van der Waals surface area contributed by atoms with Gasteiger partial charge in [-0.3, -0.25) is 0 Å². The maximum atomic E-state index is 8.62. The van der Waals surface area contributed by atoms with Crippen molar-refractivity contribution in [1.82, 2.24) is 0 Å². The van der Waals surface area contributed by atoms with Crippen LogP contribution >= 0.6 is 0 Å². The fraction of sp³-hybridized carbons (Fsp3) is 0. The molecule has 13 heteroatoms. The molecule has 0 unspecified atom stereocenters. The third kappa shape index (κ3) is 868. The summed E-state index contributed by atoms with van der Waals surface area (Å²) in [6.07, 6.45) is 0. The summed E-state index contributed by atoms with van der Waals surface area (Å²) in [5.74, 6) is 0. The zero-order chi connectivity index (χ0) is 10.7.